The van der Waals surface area contributed by atoms with E-state index in [1.165, 1.54) is 0 Å². The fraction of sp³-hybridized carbons (Fsp3) is 0.667. The number of nitrogens with one attached hydrogen (secondary N) is 2. The molecule has 0 bridgehead atoms. The van der Waals surface area contributed by atoms with Crippen LogP contribution in [0.25, 0.3) is 0 Å². The van der Waals surface area contributed by atoms with Crippen molar-refractivity contribution in [1.29, 1.82) is 0 Å². The van der Waals surface area contributed by atoms with Gasteiger partial charge in [0.1, 0.15) is 4.60 Å². The van der Waals surface area contributed by atoms with Crippen LogP contribution in [0.3, 0.4) is 0 Å². The molecule has 1 aliphatic rings. The topological polar surface area (TPSA) is 37.0 Å². The minimum absolute atomic E-state index is 0.211. The van der Waals surface area contributed by atoms with Crippen LogP contribution in [0, 0.1) is 0 Å². The standard InChI is InChI=1S/C9H14BrN3S/c1-9(2-4-11-5-3-9)13-8-12-7(10)6-14-8/h6,11H,2-5H2,1H3,(H,12,13). The normalized spacial score (nSPS) is 20.7. The van der Waals surface area contributed by atoms with Crippen molar-refractivity contribution in [2.24, 2.45) is 0 Å². The summed E-state index contributed by atoms with van der Waals surface area (Å²) in [6, 6.07) is 0. The molecule has 0 aliphatic carbocycles. The number of halogens is 1. The highest BCUT2D eigenvalue weighted by molar-refractivity contribution is 9.10. The van der Waals surface area contributed by atoms with Gasteiger partial charge in [-0.05, 0) is 48.8 Å². The maximum atomic E-state index is 4.35. The van der Waals surface area contributed by atoms with Gasteiger partial charge in [0, 0.05) is 10.9 Å². The first-order valence-electron chi connectivity index (χ1n) is 4.78. The second-order valence-electron chi connectivity index (χ2n) is 3.91. The van der Waals surface area contributed by atoms with E-state index in [1.807, 2.05) is 5.38 Å². The molecule has 0 radical (unpaired) electrons. The Morgan fingerprint density at radius 2 is 2.29 bits per heavy atom. The molecule has 2 N–H and O–H groups in total. The molecule has 1 aliphatic heterocycles. The third-order valence-corrected chi connectivity index (χ3v) is 4.06. The fourth-order valence-corrected chi connectivity index (χ4v) is 2.97. The highest BCUT2D eigenvalue weighted by Crippen LogP contribution is 2.27. The van der Waals surface area contributed by atoms with Crippen molar-refractivity contribution in [3.05, 3.63) is 9.98 Å². The zero-order valence-electron chi connectivity index (χ0n) is 8.14. The Hall–Kier alpha value is -0.130. The van der Waals surface area contributed by atoms with Crippen LogP contribution in [0.5, 0.6) is 0 Å². The molecule has 5 heteroatoms. The van der Waals surface area contributed by atoms with Crippen LogP contribution >= 0.6 is 27.3 Å². The predicted molar refractivity (Wildman–Crippen MR) is 63.9 cm³/mol. The molecule has 0 saturated carbocycles. The van der Waals surface area contributed by atoms with Crippen molar-refractivity contribution in [3.8, 4) is 0 Å². The van der Waals surface area contributed by atoms with Gasteiger partial charge in [0.15, 0.2) is 5.13 Å². The van der Waals surface area contributed by atoms with Crippen LogP contribution in [-0.2, 0) is 0 Å². The number of thiazole rings is 1. The number of nitrogens with zero attached hydrogens (tertiary/aromatic N) is 1. The monoisotopic (exact) mass is 275 g/mol. The summed E-state index contributed by atoms with van der Waals surface area (Å²) in [6.07, 6.45) is 2.31. The molecule has 0 atom stereocenters. The molecule has 1 aromatic rings. The van der Waals surface area contributed by atoms with Gasteiger partial charge in [0.25, 0.3) is 0 Å². The molecule has 0 unspecified atom stereocenters. The van der Waals surface area contributed by atoms with Gasteiger partial charge in [-0.1, -0.05) is 0 Å². The molecule has 0 aromatic carbocycles. The lowest BCUT2D eigenvalue weighted by molar-refractivity contribution is 0.365. The van der Waals surface area contributed by atoms with E-state index in [-0.39, 0.29) is 5.54 Å². The quantitative estimate of drug-likeness (QED) is 0.871. The summed E-state index contributed by atoms with van der Waals surface area (Å²) in [5, 5.41) is 9.90. The second-order valence-corrected chi connectivity index (χ2v) is 5.58. The SMILES string of the molecule is CC1(Nc2nc(Br)cs2)CCNCC1. The molecule has 2 rings (SSSR count). The summed E-state index contributed by atoms with van der Waals surface area (Å²) < 4.78 is 0.919. The molecule has 3 nitrogen and oxygen atoms in total. The van der Waals surface area contributed by atoms with Gasteiger partial charge in [-0.25, -0.2) is 4.98 Å². The molecule has 2 heterocycles. The summed E-state index contributed by atoms with van der Waals surface area (Å²) in [4.78, 5) is 4.35. The molecular formula is C9H14BrN3S. The van der Waals surface area contributed by atoms with Crippen molar-refractivity contribution in [3.63, 3.8) is 0 Å². The minimum atomic E-state index is 0.211. The van der Waals surface area contributed by atoms with Crippen LogP contribution in [-0.4, -0.2) is 23.6 Å². The van der Waals surface area contributed by atoms with E-state index < -0.39 is 0 Å². The second kappa shape index (κ2) is 4.16. The third-order valence-electron chi connectivity index (χ3n) is 2.59. The first-order valence-corrected chi connectivity index (χ1v) is 6.45. The fourth-order valence-electron chi connectivity index (χ4n) is 1.67. The van der Waals surface area contributed by atoms with Crippen LogP contribution in [0.1, 0.15) is 19.8 Å². The third kappa shape index (κ3) is 2.46. The number of aromatic nitrogens is 1. The van der Waals surface area contributed by atoms with E-state index in [2.05, 4.69) is 38.5 Å². The Morgan fingerprint density at radius 3 is 2.86 bits per heavy atom. The van der Waals surface area contributed by atoms with Gasteiger partial charge < -0.3 is 10.6 Å². The molecule has 1 fully saturated rings. The minimum Gasteiger partial charge on any atom is -0.356 e. The molecule has 78 valence electrons. The lowest BCUT2D eigenvalue weighted by atomic mass is 9.91. The van der Waals surface area contributed by atoms with Gasteiger partial charge >= 0.3 is 0 Å². The maximum Gasteiger partial charge on any atom is 0.184 e. The molecule has 1 aromatic heterocycles. The zero-order chi connectivity index (χ0) is 10.0. The van der Waals surface area contributed by atoms with Crippen molar-refractivity contribution < 1.29 is 0 Å². The van der Waals surface area contributed by atoms with Crippen molar-refractivity contribution in [2.75, 3.05) is 18.4 Å². The first kappa shape index (κ1) is 10.4. The molecule has 0 amide bonds. The van der Waals surface area contributed by atoms with Crippen LogP contribution < -0.4 is 10.6 Å². The summed E-state index contributed by atoms with van der Waals surface area (Å²) >= 11 is 5.01. The van der Waals surface area contributed by atoms with E-state index >= 15 is 0 Å². The number of anilines is 1. The van der Waals surface area contributed by atoms with E-state index in [0.717, 1.165) is 35.7 Å². The summed E-state index contributed by atoms with van der Waals surface area (Å²) in [5.74, 6) is 0. The van der Waals surface area contributed by atoms with Crippen LogP contribution in [0.4, 0.5) is 5.13 Å². The lowest BCUT2D eigenvalue weighted by Gasteiger charge is -2.34. The van der Waals surface area contributed by atoms with Crippen molar-refractivity contribution in [1.82, 2.24) is 10.3 Å². The van der Waals surface area contributed by atoms with E-state index in [4.69, 9.17) is 0 Å². The van der Waals surface area contributed by atoms with Gasteiger partial charge in [0.05, 0.1) is 0 Å². The Bertz CT molecular complexity index is 307. The van der Waals surface area contributed by atoms with Crippen molar-refractivity contribution >= 4 is 32.4 Å². The number of hydrogen-bond donors (Lipinski definition) is 2. The molecular weight excluding hydrogens is 262 g/mol. The zero-order valence-corrected chi connectivity index (χ0v) is 10.5. The summed E-state index contributed by atoms with van der Waals surface area (Å²) in [6.45, 7) is 4.45. The molecule has 1 saturated heterocycles. The molecule has 0 spiro atoms. The maximum absolute atomic E-state index is 4.35. The number of piperidine rings is 1. The Morgan fingerprint density at radius 1 is 1.57 bits per heavy atom. The number of hydrogen-bond acceptors (Lipinski definition) is 4. The highest BCUT2D eigenvalue weighted by Gasteiger charge is 2.26. The summed E-state index contributed by atoms with van der Waals surface area (Å²) in [5.41, 5.74) is 0.211. The average molecular weight is 276 g/mol. The van der Waals surface area contributed by atoms with E-state index in [9.17, 15) is 0 Å². The van der Waals surface area contributed by atoms with Crippen LogP contribution in [0.15, 0.2) is 9.98 Å². The average Bonchev–Trinajstić information content (AvgIpc) is 2.51. The highest BCUT2D eigenvalue weighted by atomic mass is 79.9. The van der Waals surface area contributed by atoms with Gasteiger partial charge in [-0.2, -0.15) is 0 Å². The van der Waals surface area contributed by atoms with E-state index in [0.29, 0.717) is 0 Å². The smallest absolute Gasteiger partial charge is 0.184 e. The van der Waals surface area contributed by atoms with E-state index in [1.54, 1.807) is 11.3 Å². The molecule has 14 heavy (non-hydrogen) atoms. The van der Waals surface area contributed by atoms with Gasteiger partial charge in [0.2, 0.25) is 0 Å². The Balaban J connectivity index is 2.01. The lowest BCUT2D eigenvalue weighted by Crippen LogP contribution is -2.45. The van der Waals surface area contributed by atoms with Gasteiger partial charge in [-0.3, -0.25) is 0 Å². The van der Waals surface area contributed by atoms with Gasteiger partial charge in [-0.15, -0.1) is 11.3 Å². The van der Waals surface area contributed by atoms with Crippen LogP contribution in [0.2, 0.25) is 0 Å². The number of rotatable bonds is 2. The van der Waals surface area contributed by atoms with Crippen molar-refractivity contribution in [2.45, 2.75) is 25.3 Å². The Labute approximate surface area is 96.4 Å². The largest absolute Gasteiger partial charge is 0.356 e. The Kier molecular flexibility index (Phi) is 3.09. The summed E-state index contributed by atoms with van der Waals surface area (Å²) in [7, 11) is 0. The first-order chi connectivity index (χ1) is 6.68. The predicted octanol–water partition coefficient (Wildman–Crippen LogP) is 2.46.